The van der Waals surface area contributed by atoms with Gasteiger partial charge >= 0.3 is 11.9 Å². The SMILES string of the molecule is O=C(O)C1=CC=C(C(=O)O)SC1. The van der Waals surface area contributed by atoms with E-state index in [1.54, 1.807) is 0 Å². The summed E-state index contributed by atoms with van der Waals surface area (Å²) in [5.74, 6) is -1.79. The Labute approximate surface area is 72.6 Å². The molecule has 0 aromatic heterocycles. The van der Waals surface area contributed by atoms with Gasteiger partial charge in [-0.2, -0.15) is 0 Å². The summed E-state index contributed by atoms with van der Waals surface area (Å²) in [6, 6.07) is 0. The van der Waals surface area contributed by atoms with Crippen LogP contribution in [0.1, 0.15) is 0 Å². The van der Waals surface area contributed by atoms with E-state index in [0.29, 0.717) is 0 Å². The van der Waals surface area contributed by atoms with E-state index in [-0.39, 0.29) is 16.2 Å². The summed E-state index contributed by atoms with van der Waals surface area (Å²) in [4.78, 5) is 20.9. The van der Waals surface area contributed by atoms with Gasteiger partial charge in [-0.25, -0.2) is 9.59 Å². The van der Waals surface area contributed by atoms with Crippen LogP contribution in [0.4, 0.5) is 0 Å². The van der Waals surface area contributed by atoms with Gasteiger partial charge in [0.15, 0.2) is 0 Å². The highest BCUT2D eigenvalue weighted by Crippen LogP contribution is 2.23. The lowest BCUT2D eigenvalue weighted by Crippen LogP contribution is -2.08. The normalized spacial score (nSPS) is 16.3. The van der Waals surface area contributed by atoms with E-state index < -0.39 is 11.9 Å². The van der Waals surface area contributed by atoms with Gasteiger partial charge in [-0.05, 0) is 12.2 Å². The van der Waals surface area contributed by atoms with Crippen LogP contribution in [0.15, 0.2) is 22.6 Å². The second-order valence-corrected chi connectivity index (χ2v) is 3.14. The van der Waals surface area contributed by atoms with Crippen molar-refractivity contribution >= 4 is 23.7 Å². The van der Waals surface area contributed by atoms with E-state index in [9.17, 15) is 9.59 Å². The first kappa shape index (κ1) is 8.86. The van der Waals surface area contributed by atoms with E-state index in [0.717, 1.165) is 11.8 Å². The summed E-state index contributed by atoms with van der Waals surface area (Å²) in [5, 5.41) is 17.0. The van der Waals surface area contributed by atoms with Crippen LogP contribution >= 0.6 is 11.8 Å². The minimum Gasteiger partial charge on any atom is -0.478 e. The zero-order chi connectivity index (χ0) is 9.14. The van der Waals surface area contributed by atoms with E-state index in [1.165, 1.54) is 12.2 Å². The molecule has 0 atom stereocenters. The molecule has 0 aromatic rings. The molecule has 64 valence electrons. The summed E-state index contributed by atoms with van der Waals surface area (Å²) < 4.78 is 0. The first-order chi connectivity index (χ1) is 5.61. The Hall–Kier alpha value is -1.23. The number of carboxylic acids is 2. The molecule has 12 heavy (non-hydrogen) atoms. The summed E-state index contributed by atoms with van der Waals surface area (Å²) >= 11 is 1.02. The Kier molecular flexibility index (Phi) is 2.54. The Bertz CT molecular complexity index is 260. The third kappa shape index (κ3) is 1.88. The quantitative estimate of drug-likeness (QED) is 0.664. The Morgan fingerprint density at radius 1 is 1.25 bits per heavy atom. The van der Waals surface area contributed by atoms with Crippen molar-refractivity contribution in [2.75, 3.05) is 5.75 Å². The number of allylic oxidation sites excluding steroid dienone is 2. The van der Waals surface area contributed by atoms with Gasteiger partial charge in [0.05, 0.1) is 4.91 Å². The molecule has 1 aliphatic heterocycles. The fourth-order valence-electron chi connectivity index (χ4n) is 0.694. The molecule has 1 aliphatic rings. The maximum Gasteiger partial charge on any atom is 0.342 e. The smallest absolute Gasteiger partial charge is 0.342 e. The number of hydrogen-bond acceptors (Lipinski definition) is 3. The zero-order valence-corrected chi connectivity index (χ0v) is 6.80. The first-order valence-electron chi connectivity index (χ1n) is 3.11. The lowest BCUT2D eigenvalue weighted by atomic mass is 10.2. The summed E-state index contributed by atoms with van der Waals surface area (Å²) in [7, 11) is 0. The highest BCUT2D eigenvalue weighted by atomic mass is 32.2. The summed E-state index contributed by atoms with van der Waals surface area (Å²) in [5.41, 5.74) is 0.227. The third-order valence-electron chi connectivity index (χ3n) is 1.30. The Morgan fingerprint density at radius 3 is 2.25 bits per heavy atom. The number of carboxylic acid groups (broad SMARTS) is 2. The van der Waals surface area contributed by atoms with Crippen molar-refractivity contribution in [3.8, 4) is 0 Å². The largest absolute Gasteiger partial charge is 0.478 e. The minimum absolute atomic E-state index is 0.181. The van der Waals surface area contributed by atoms with E-state index >= 15 is 0 Å². The van der Waals surface area contributed by atoms with Crippen LogP contribution in [-0.2, 0) is 9.59 Å². The van der Waals surface area contributed by atoms with Crippen LogP contribution in [0.3, 0.4) is 0 Å². The Morgan fingerprint density at radius 2 is 1.92 bits per heavy atom. The van der Waals surface area contributed by atoms with Gasteiger partial charge in [0, 0.05) is 11.3 Å². The summed E-state index contributed by atoms with van der Waals surface area (Å²) in [6.45, 7) is 0. The lowest BCUT2D eigenvalue weighted by Gasteiger charge is -2.06. The molecule has 0 amide bonds. The molecular weight excluding hydrogens is 180 g/mol. The van der Waals surface area contributed by atoms with E-state index in [1.807, 2.05) is 0 Å². The summed E-state index contributed by atoms with van der Waals surface area (Å²) in [6.07, 6.45) is 2.63. The molecule has 0 spiro atoms. The van der Waals surface area contributed by atoms with Gasteiger partial charge in [0.2, 0.25) is 0 Å². The van der Waals surface area contributed by atoms with Crippen molar-refractivity contribution in [3.63, 3.8) is 0 Å². The van der Waals surface area contributed by atoms with Crippen LogP contribution in [0.25, 0.3) is 0 Å². The topological polar surface area (TPSA) is 74.6 Å². The van der Waals surface area contributed by atoms with Gasteiger partial charge < -0.3 is 10.2 Å². The number of thioether (sulfide) groups is 1. The zero-order valence-electron chi connectivity index (χ0n) is 5.98. The molecule has 1 heterocycles. The number of hydrogen-bond donors (Lipinski definition) is 2. The predicted octanol–water partition coefficient (Wildman–Crippen LogP) is 0.713. The fourth-order valence-corrected chi connectivity index (χ4v) is 1.51. The highest BCUT2D eigenvalue weighted by Gasteiger charge is 2.16. The molecule has 0 aliphatic carbocycles. The maximum atomic E-state index is 10.4. The van der Waals surface area contributed by atoms with Crippen molar-refractivity contribution in [3.05, 3.63) is 22.6 Å². The molecule has 1 rings (SSSR count). The monoisotopic (exact) mass is 186 g/mol. The second-order valence-electron chi connectivity index (χ2n) is 2.12. The van der Waals surface area contributed by atoms with Gasteiger partial charge in [-0.3, -0.25) is 0 Å². The fraction of sp³-hybridized carbons (Fsp3) is 0.143. The first-order valence-corrected chi connectivity index (χ1v) is 4.10. The van der Waals surface area contributed by atoms with Crippen LogP contribution in [0.5, 0.6) is 0 Å². The Balaban J connectivity index is 2.80. The average Bonchev–Trinajstić information content (AvgIpc) is 2.04. The maximum absolute atomic E-state index is 10.4. The molecule has 0 radical (unpaired) electrons. The molecule has 0 aromatic carbocycles. The third-order valence-corrected chi connectivity index (χ3v) is 2.38. The molecule has 0 fully saturated rings. The van der Waals surface area contributed by atoms with E-state index in [2.05, 4.69) is 0 Å². The molecule has 0 saturated carbocycles. The average molecular weight is 186 g/mol. The number of rotatable bonds is 2. The van der Waals surface area contributed by atoms with Gasteiger partial charge in [0.25, 0.3) is 0 Å². The van der Waals surface area contributed by atoms with Crippen molar-refractivity contribution in [1.29, 1.82) is 0 Å². The molecule has 2 N–H and O–H groups in total. The van der Waals surface area contributed by atoms with Crippen molar-refractivity contribution < 1.29 is 19.8 Å². The molecular formula is C7H6O4S. The van der Waals surface area contributed by atoms with Gasteiger partial charge in [-0.15, -0.1) is 11.8 Å². The molecule has 5 heteroatoms. The van der Waals surface area contributed by atoms with Crippen molar-refractivity contribution in [2.45, 2.75) is 0 Å². The van der Waals surface area contributed by atoms with Crippen LogP contribution < -0.4 is 0 Å². The second kappa shape index (κ2) is 3.44. The van der Waals surface area contributed by atoms with Crippen LogP contribution in [0, 0.1) is 0 Å². The predicted molar refractivity (Wildman–Crippen MR) is 43.9 cm³/mol. The van der Waals surface area contributed by atoms with Gasteiger partial charge in [0.1, 0.15) is 0 Å². The van der Waals surface area contributed by atoms with Crippen LogP contribution in [-0.4, -0.2) is 27.9 Å². The van der Waals surface area contributed by atoms with Crippen LogP contribution in [0.2, 0.25) is 0 Å². The molecule has 0 unspecified atom stereocenters. The van der Waals surface area contributed by atoms with E-state index in [4.69, 9.17) is 10.2 Å². The number of carbonyl (C=O) groups is 2. The van der Waals surface area contributed by atoms with Crippen molar-refractivity contribution in [1.82, 2.24) is 0 Å². The van der Waals surface area contributed by atoms with Crippen molar-refractivity contribution in [2.24, 2.45) is 0 Å². The molecule has 4 nitrogen and oxygen atoms in total. The highest BCUT2D eigenvalue weighted by molar-refractivity contribution is 8.04. The molecule has 0 saturated heterocycles. The standard InChI is InChI=1S/C7H6O4S/c8-6(9)4-1-2-5(7(10)11)12-3-4/h1-2H,3H2,(H,8,9)(H,10,11). The minimum atomic E-state index is -1.01. The van der Waals surface area contributed by atoms with Gasteiger partial charge in [-0.1, -0.05) is 0 Å². The molecule has 0 bridgehead atoms. The lowest BCUT2D eigenvalue weighted by molar-refractivity contribution is -0.133. The number of aliphatic carboxylic acids is 2.